The summed E-state index contributed by atoms with van der Waals surface area (Å²) in [6, 6.07) is 10.8. The summed E-state index contributed by atoms with van der Waals surface area (Å²) in [5, 5.41) is 2.58. The highest BCUT2D eigenvalue weighted by Gasteiger charge is 2.95. The van der Waals surface area contributed by atoms with Crippen LogP contribution in [0.2, 0.25) is 17.1 Å². The Morgan fingerprint density at radius 3 is 1.68 bits per heavy atom. The minimum atomic E-state index is -8.70. The minimum absolute atomic E-state index is 0.00592. The van der Waals surface area contributed by atoms with Crippen molar-refractivity contribution in [2.24, 2.45) is 0 Å². The van der Waals surface area contributed by atoms with Crippen LogP contribution in [0.25, 0.3) is 0 Å². The first-order valence-corrected chi connectivity index (χ1v) is 22.5. The first-order chi connectivity index (χ1) is 31.0. The minimum Gasteiger partial charge on any atom is -0.497 e. The van der Waals surface area contributed by atoms with Gasteiger partial charge in [0, 0.05) is 18.2 Å². The van der Waals surface area contributed by atoms with E-state index in [-0.39, 0.29) is 18.8 Å². The average Bonchev–Trinajstić information content (AvgIpc) is 3.24. The van der Waals surface area contributed by atoms with Gasteiger partial charge in [-0.05, 0) is 78.4 Å². The van der Waals surface area contributed by atoms with Crippen molar-refractivity contribution < 1.29 is 108 Å². The van der Waals surface area contributed by atoms with Crippen molar-refractivity contribution in [3.8, 4) is 11.5 Å². The molecule has 8 nitrogen and oxygen atoms in total. The number of nitrogens with one attached hydrogen (secondary N) is 1. The molecule has 0 fully saturated rings. The summed E-state index contributed by atoms with van der Waals surface area (Å²) in [4.78, 5) is 24.6. The molecule has 0 radical (unpaired) electrons. The molecule has 1 N–H and O–H groups in total. The monoisotopic (exact) mass is 1030 g/mol. The third-order valence-corrected chi connectivity index (χ3v) is 16.2. The number of carbonyl (C=O) groups is 2. The number of amides is 1. The van der Waals surface area contributed by atoms with E-state index in [0.29, 0.717) is 29.8 Å². The van der Waals surface area contributed by atoms with Gasteiger partial charge in [0.2, 0.25) is 0 Å². The molecule has 68 heavy (non-hydrogen) atoms. The molecule has 0 saturated carbocycles. The van der Waals surface area contributed by atoms with Gasteiger partial charge in [-0.2, -0.15) is 74.6 Å². The van der Waals surface area contributed by atoms with E-state index in [1.54, 1.807) is 30.3 Å². The van der Waals surface area contributed by atoms with Gasteiger partial charge in [-0.25, -0.2) is 9.59 Å². The van der Waals surface area contributed by atoms with Gasteiger partial charge in [0.05, 0.1) is 13.7 Å². The number of esters is 1. The van der Waals surface area contributed by atoms with Gasteiger partial charge in [-0.15, -0.1) is 0 Å². The lowest BCUT2D eigenvalue weighted by molar-refractivity contribution is -0.461. The van der Waals surface area contributed by atoms with E-state index in [1.165, 1.54) is 71.2 Å². The number of carbonyl (C=O) groups excluding carboxylic acids is 2. The predicted molar refractivity (Wildman–Crippen MR) is 214 cm³/mol. The molecule has 0 unspecified atom stereocenters. The molecule has 0 aromatic heterocycles. The molecule has 1 amide bonds. The molecular weight excluding hydrogens is 982 g/mol. The molecule has 2 aromatic carbocycles. The molecule has 0 aliphatic heterocycles. The molecular formula is C42H48F17NO7Si. The van der Waals surface area contributed by atoms with Crippen LogP contribution < -0.4 is 14.8 Å². The second-order valence-electron chi connectivity index (χ2n) is 15.7. The van der Waals surface area contributed by atoms with Gasteiger partial charge in [-0.1, -0.05) is 58.6 Å². The van der Waals surface area contributed by atoms with Crippen LogP contribution in [-0.2, 0) is 18.7 Å². The van der Waals surface area contributed by atoms with Gasteiger partial charge in [0.15, 0.2) is 8.32 Å². The van der Waals surface area contributed by atoms with E-state index in [9.17, 15) is 75.4 Å². The van der Waals surface area contributed by atoms with Crippen molar-refractivity contribution in [1.29, 1.82) is 0 Å². The average molecular weight is 1030 g/mol. The highest BCUT2D eigenvalue weighted by atomic mass is 28.4. The Morgan fingerprint density at radius 1 is 0.691 bits per heavy atom. The number of halogens is 17. The number of anilines is 1. The second kappa shape index (κ2) is 22.8. The summed E-state index contributed by atoms with van der Waals surface area (Å²) in [6.07, 6.45) is -6.96. The number of alkyl halides is 17. The summed E-state index contributed by atoms with van der Waals surface area (Å²) < 4.78 is 263. The number of hydrogen-bond donors (Lipinski definition) is 1. The summed E-state index contributed by atoms with van der Waals surface area (Å²) in [6.45, 7) is 7.78. The summed E-state index contributed by atoms with van der Waals surface area (Å²) in [5.41, 5.74) is -0.949. The number of hydrogen-bond acceptors (Lipinski definition) is 7. The molecule has 386 valence electrons. The smallest absolute Gasteiger partial charge is 0.460 e. The van der Waals surface area contributed by atoms with E-state index >= 15 is 8.78 Å². The zero-order valence-electron chi connectivity index (χ0n) is 36.7. The van der Waals surface area contributed by atoms with E-state index < -0.39 is 111 Å². The number of methoxy groups -OCH3 is 1. The van der Waals surface area contributed by atoms with E-state index in [1.807, 2.05) is 0 Å². The molecule has 26 heteroatoms. The van der Waals surface area contributed by atoms with Gasteiger partial charge >= 0.3 is 59.7 Å². The molecule has 0 spiro atoms. The Balaban J connectivity index is 2.25. The Bertz CT molecular complexity index is 1970. The number of ether oxygens (including phenoxy) is 4. The zero-order valence-corrected chi connectivity index (χ0v) is 37.7. The SMILES string of the molecule is C=CCOC(=O)/C=C/CCC[C@@H](OC(=O)Nc1ccc(OC)cc1)c1ccc(OCCO[Si](CCC(F)(F)C(F)(F)C(F)(F)C(F)(F)C(F)(F)C(F)(F)C(F)(F)C(F)(F)F)(C(C)C)C(C)C)cc1. The van der Waals surface area contributed by atoms with Crippen molar-refractivity contribution in [1.82, 2.24) is 0 Å². The van der Waals surface area contributed by atoms with Crippen LogP contribution in [-0.4, -0.2) is 94.9 Å². The summed E-state index contributed by atoms with van der Waals surface area (Å²) in [5.74, 6) is -56.8. The highest BCUT2D eigenvalue weighted by Crippen LogP contribution is 2.64. The molecule has 2 aromatic rings. The van der Waals surface area contributed by atoms with Crippen molar-refractivity contribution in [2.75, 3.05) is 32.2 Å². The Kier molecular flexibility index (Phi) is 19.9. The quantitative estimate of drug-likeness (QED) is 0.0238. The maximum Gasteiger partial charge on any atom is 0.460 e. The molecule has 0 aliphatic rings. The number of allylic oxidation sites excluding steroid dienone is 1. The predicted octanol–water partition coefficient (Wildman–Crippen LogP) is 14.0. The lowest BCUT2D eigenvalue weighted by atomic mass is 9.88. The fourth-order valence-electron chi connectivity index (χ4n) is 6.56. The van der Waals surface area contributed by atoms with E-state index in [4.69, 9.17) is 23.4 Å². The Hall–Kier alpha value is -4.75. The Morgan fingerprint density at radius 2 is 1.19 bits per heavy atom. The van der Waals surface area contributed by atoms with Crippen molar-refractivity contribution >= 4 is 26.1 Å². The first kappa shape index (κ1) is 59.4. The lowest BCUT2D eigenvalue weighted by Gasteiger charge is -2.44. The molecule has 1 atom stereocenters. The van der Waals surface area contributed by atoms with Gasteiger partial charge in [0.25, 0.3) is 0 Å². The van der Waals surface area contributed by atoms with Crippen LogP contribution >= 0.6 is 0 Å². The standard InChI is InChI=1S/C42H48F17NO7Si/c1-7-22-65-33(61)12-10-8-9-11-32(67-34(62)60-29-15-19-30(63-6)20-16-29)28-13-17-31(18-14-28)64-23-24-66-68(26(2)3,27(4)5)25-21-35(43,44)36(45,46)37(47,48)38(49,50)39(51,52)40(53,54)41(55,56)42(57,58)59/h7,10,12-20,26-27,32H,1,8-9,11,21-25H2,2-6H3,(H,60,62)/b12-10+/t32-/m1/s1. The van der Waals surface area contributed by atoms with Gasteiger partial charge < -0.3 is 23.4 Å². The lowest BCUT2D eigenvalue weighted by Crippen LogP contribution is -2.74. The molecule has 0 saturated heterocycles. The van der Waals surface area contributed by atoms with Crippen molar-refractivity contribution in [2.45, 2.75) is 124 Å². The molecule has 0 aliphatic carbocycles. The Labute approximate surface area is 380 Å². The normalized spacial score (nSPS) is 14.3. The van der Waals surface area contributed by atoms with Crippen LogP contribution in [0.3, 0.4) is 0 Å². The highest BCUT2D eigenvalue weighted by molar-refractivity contribution is 6.76. The number of benzene rings is 2. The number of rotatable bonds is 27. The van der Waals surface area contributed by atoms with E-state index in [0.717, 1.165) is 0 Å². The first-order valence-electron chi connectivity index (χ1n) is 20.2. The summed E-state index contributed by atoms with van der Waals surface area (Å²) >= 11 is 0. The van der Waals surface area contributed by atoms with Gasteiger partial charge in [-0.3, -0.25) is 5.32 Å². The van der Waals surface area contributed by atoms with Crippen LogP contribution in [0.15, 0.2) is 73.3 Å². The van der Waals surface area contributed by atoms with Gasteiger partial charge in [0.1, 0.15) is 30.8 Å². The van der Waals surface area contributed by atoms with Crippen molar-refractivity contribution in [3.05, 3.63) is 78.9 Å². The van der Waals surface area contributed by atoms with Crippen LogP contribution in [0, 0.1) is 0 Å². The van der Waals surface area contributed by atoms with Crippen molar-refractivity contribution in [3.63, 3.8) is 0 Å². The maximum atomic E-state index is 15.0. The fraction of sp³-hybridized carbons (Fsp3) is 0.571. The fourth-order valence-corrected chi connectivity index (χ4v) is 11.0. The van der Waals surface area contributed by atoms with Crippen LogP contribution in [0.1, 0.15) is 65.0 Å². The largest absolute Gasteiger partial charge is 0.497 e. The van der Waals surface area contributed by atoms with E-state index in [2.05, 4.69) is 11.9 Å². The molecule has 0 heterocycles. The van der Waals surface area contributed by atoms with Crippen LogP contribution in [0.5, 0.6) is 11.5 Å². The summed E-state index contributed by atoms with van der Waals surface area (Å²) in [7, 11) is -2.56. The topological polar surface area (TPSA) is 92.3 Å². The third-order valence-electron chi connectivity index (χ3n) is 10.6. The number of unbranched alkanes of at least 4 members (excludes halogenated alkanes) is 1. The third kappa shape index (κ3) is 12.9. The zero-order chi connectivity index (χ0) is 52.4. The molecule has 2 rings (SSSR count). The second-order valence-corrected chi connectivity index (χ2v) is 20.7. The molecule has 0 bridgehead atoms. The van der Waals surface area contributed by atoms with Crippen LogP contribution in [0.4, 0.5) is 85.1 Å². The maximum absolute atomic E-state index is 15.0.